The minimum Gasteiger partial charge on any atom is -0.489 e. The summed E-state index contributed by atoms with van der Waals surface area (Å²) in [6.07, 6.45) is 3.40. The molecule has 0 aliphatic carbocycles. The number of ether oxygens (including phenoxy) is 3. The predicted molar refractivity (Wildman–Crippen MR) is 108 cm³/mol. The van der Waals surface area contributed by atoms with Crippen LogP contribution in [0.3, 0.4) is 0 Å². The van der Waals surface area contributed by atoms with Crippen molar-refractivity contribution in [1.29, 1.82) is 0 Å². The van der Waals surface area contributed by atoms with E-state index in [0.717, 1.165) is 11.1 Å². The number of benzene rings is 2. The van der Waals surface area contributed by atoms with Crippen LogP contribution in [0.1, 0.15) is 11.1 Å². The van der Waals surface area contributed by atoms with E-state index in [2.05, 4.69) is 10.3 Å². The van der Waals surface area contributed by atoms with E-state index in [0.29, 0.717) is 43.4 Å². The molecule has 2 heterocycles. The van der Waals surface area contributed by atoms with Crippen molar-refractivity contribution in [2.45, 2.75) is 19.1 Å². The van der Waals surface area contributed by atoms with Crippen LogP contribution < -0.4 is 19.5 Å². The largest absolute Gasteiger partial charge is 0.489 e. The van der Waals surface area contributed by atoms with Crippen LogP contribution in [0.25, 0.3) is 0 Å². The summed E-state index contributed by atoms with van der Waals surface area (Å²) < 4.78 is 17.6. The van der Waals surface area contributed by atoms with E-state index >= 15 is 0 Å². The standard InChI is InChI=1S/C23H22N2O4/c26-23(12-17-8-10-24-11-9-17)25-14-20-16-28-21-7-6-19(13-22(21)29-20)27-15-18-4-2-1-3-5-18/h1-11,13,20H,12,14-16H2,(H,25,26)/t20-/m1/s1. The zero-order valence-corrected chi connectivity index (χ0v) is 15.9. The van der Waals surface area contributed by atoms with Gasteiger partial charge in [0, 0.05) is 18.5 Å². The predicted octanol–water partition coefficient (Wildman–Crippen LogP) is 3.16. The number of carbonyl (C=O) groups excluding carboxylic acids is 1. The molecule has 3 aromatic rings. The molecule has 6 heteroatoms. The number of carbonyl (C=O) groups is 1. The third-order valence-corrected chi connectivity index (χ3v) is 4.52. The van der Waals surface area contributed by atoms with E-state index in [1.807, 2.05) is 60.7 Å². The molecule has 0 spiro atoms. The van der Waals surface area contributed by atoms with E-state index < -0.39 is 0 Å². The molecule has 1 aromatic heterocycles. The first-order chi connectivity index (χ1) is 14.3. The SMILES string of the molecule is O=C(Cc1ccncc1)NC[C@@H]1COc2ccc(OCc3ccccc3)cc2O1. The maximum Gasteiger partial charge on any atom is 0.224 e. The minimum absolute atomic E-state index is 0.0643. The van der Waals surface area contributed by atoms with Crippen molar-refractivity contribution in [3.63, 3.8) is 0 Å². The monoisotopic (exact) mass is 390 g/mol. The molecule has 0 bridgehead atoms. The molecule has 0 saturated heterocycles. The maximum atomic E-state index is 12.1. The third kappa shape index (κ3) is 5.25. The number of rotatable bonds is 7. The Morgan fingerprint density at radius 1 is 1.03 bits per heavy atom. The van der Waals surface area contributed by atoms with Crippen LogP contribution in [0.5, 0.6) is 17.2 Å². The van der Waals surface area contributed by atoms with Crippen LogP contribution in [0.4, 0.5) is 0 Å². The van der Waals surface area contributed by atoms with Gasteiger partial charge < -0.3 is 19.5 Å². The molecule has 2 aromatic carbocycles. The Kier molecular flexibility index (Phi) is 5.90. The number of hydrogen-bond donors (Lipinski definition) is 1. The fourth-order valence-electron chi connectivity index (χ4n) is 3.00. The molecule has 0 unspecified atom stereocenters. The number of fused-ring (bicyclic) bond motifs is 1. The fourth-order valence-corrected chi connectivity index (χ4v) is 3.00. The highest BCUT2D eigenvalue weighted by atomic mass is 16.6. The van der Waals surface area contributed by atoms with Crippen LogP contribution in [0.15, 0.2) is 73.1 Å². The van der Waals surface area contributed by atoms with E-state index in [-0.39, 0.29) is 12.0 Å². The Hall–Kier alpha value is -3.54. The van der Waals surface area contributed by atoms with Gasteiger partial charge in [-0.25, -0.2) is 0 Å². The first-order valence-corrected chi connectivity index (χ1v) is 9.52. The summed E-state index contributed by atoms with van der Waals surface area (Å²) in [6.45, 7) is 1.24. The Labute approximate surface area is 169 Å². The lowest BCUT2D eigenvalue weighted by Gasteiger charge is -2.27. The van der Waals surface area contributed by atoms with Crippen molar-refractivity contribution in [2.75, 3.05) is 13.2 Å². The van der Waals surface area contributed by atoms with E-state index in [9.17, 15) is 4.79 Å². The van der Waals surface area contributed by atoms with Crippen LogP contribution in [-0.4, -0.2) is 30.1 Å². The van der Waals surface area contributed by atoms with Crippen molar-refractivity contribution in [1.82, 2.24) is 10.3 Å². The summed E-state index contributed by atoms with van der Waals surface area (Å²) in [5.41, 5.74) is 2.01. The van der Waals surface area contributed by atoms with Gasteiger partial charge in [-0.2, -0.15) is 0 Å². The molecule has 148 valence electrons. The van der Waals surface area contributed by atoms with Crippen molar-refractivity contribution >= 4 is 5.91 Å². The van der Waals surface area contributed by atoms with Crippen LogP contribution in [0, 0.1) is 0 Å². The van der Waals surface area contributed by atoms with E-state index in [4.69, 9.17) is 14.2 Å². The molecule has 1 aliphatic heterocycles. The van der Waals surface area contributed by atoms with Gasteiger partial charge in [0.15, 0.2) is 11.5 Å². The Balaban J connectivity index is 1.29. The number of pyridine rings is 1. The van der Waals surface area contributed by atoms with Gasteiger partial charge in [0.2, 0.25) is 5.91 Å². The lowest BCUT2D eigenvalue weighted by atomic mass is 10.2. The van der Waals surface area contributed by atoms with Gasteiger partial charge in [-0.3, -0.25) is 9.78 Å². The lowest BCUT2D eigenvalue weighted by molar-refractivity contribution is -0.120. The summed E-state index contributed by atoms with van der Waals surface area (Å²) in [5.74, 6) is 1.94. The topological polar surface area (TPSA) is 69.7 Å². The minimum atomic E-state index is -0.256. The van der Waals surface area contributed by atoms with Gasteiger partial charge in [-0.1, -0.05) is 30.3 Å². The summed E-state index contributed by atoms with van der Waals surface area (Å²) in [5, 5.41) is 2.90. The average molecular weight is 390 g/mol. The average Bonchev–Trinajstić information content (AvgIpc) is 2.77. The van der Waals surface area contributed by atoms with E-state index in [1.165, 1.54) is 0 Å². The second-order valence-electron chi connectivity index (χ2n) is 6.77. The van der Waals surface area contributed by atoms with Gasteiger partial charge in [0.25, 0.3) is 0 Å². The zero-order valence-electron chi connectivity index (χ0n) is 15.9. The normalized spacial score (nSPS) is 14.8. The molecule has 6 nitrogen and oxygen atoms in total. The summed E-state index contributed by atoms with van der Waals surface area (Å²) in [7, 11) is 0. The van der Waals surface area contributed by atoms with Gasteiger partial charge in [0.05, 0.1) is 13.0 Å². The van der Waals surface area contributed by atoms with Gasteiger partial charge in [-0.05, 0) is 35.4 Å². The molecular formula is C23H22N2O4. The molecule has 1 aliphatic rings. The Bertz CT molecular complexity index is 948. The van der Waals surface area contributed by atoms with Crippen molar-refractivity contribution < 1.29 is 19.0 Å². The molecule has 1 amide bonds. The van der Waals surface area contributed by atoms with E-state index in [1.54, 1.807) is 12.4 Å². The molecule has 0 saturated carbocycles. The lowest BCUT2D eigenvalue weighted by Crippen LogP contribution is -2.41. The molecule has 4 rings (SSSR count). The first-order valence-electron chi connectivity index (χ1n) is 9.52. The second-order valence-corrected chi connectivity index (χ2v) is 6.77. The summed E-state index contributed by atoms with van der Waals surface area (Å²) >= 11 is 0. The highest BCUT2D eigenvalue weighted by molar-refractivity contribution is 5.78. The van der Waals surface area contributed by atoms with Crippen LogP contribution in [-0.2, 0) is 17.8 Å². The maximum absolute atomic E-state index is 12.1. The van der Waals surface area contributed by atoms with Crippen molar-refractivity contribution in [2.24, 2.45) is 0 Å². The second kappa shape index (κ2) is 9.10. The van der Waals surface area contributed by atoms with Crippen LogP contribution >= 0.6 is 0 Å². The fraction of sp³-hybridized carbons (Fsp3) is 0.217. The molecule has 29 heavy (non-hydrogen) atoms. The Morgan fingerprint density at radius 2 is 1.86 bits per heavy atom. The van der Waals surface area contributed by atoms with Crippen molar-refractivity contribution in [3.05, 3.63) is 84.2 Å². The quantitative estimate of drug-likeness (QED) is 0.671. The molecule has 1 atom stereocenters. The third-order valence-electron chi connectivity index (χ3n) is 4.52. The summed E-state index contributed by atoms with van der Waals surface area (Å²) in [6, 6.07) is 19.2. The van der Waals surface area contributed by atoms with Gasteiger partial charge >= 0.3 is 0 Å². The van der Waals surface area contributed by atoms with Crippen LogP contribution in [0.2, 0.25) is 0 Å². The van der Waals surface area contributed by atoms with Gasteiger partial charge in [0.1, 0.15) is 25.1 Å². The first kappa shape index (κ1) is 18.8. The number of nitrogens with one attached hydrogen (secondary N) is 1. The number of nitrogens with zero attached hydrogens (tertiary/aromatic N) is 1. The smallest absolute Gasteiger partial charge is 0.224 e. The van der Waals surface area contributed by atoms with Crippen molar-refractivity contribution in [3.8, 4) is 17.2 Å². The molecule has 0 fully saturated rings. The number of amides is 1. The molecule has 1 N–H and O–H groups in total. The van der Waals surface area contributed by atoms with Gasteiger partial charge in [-0.15, -0.1) is 0 Å². The Morgan fingerprint density at radius 3 is 2.69 bits per heavy atom. The molecule has 0 radical (unpaired) electrons. The highest BCUT2D eigenvalue weighted by Crippen LogP contribution is 2.35. The number of aromatic nitrogens is 1. The molecular weight excluding hydrogens is 368 g/mol. The highest BCUT2D eigenvalue weighted by Gasteiger charge is 2.22. The zero-order chi connectivity index (χ0) is 19.9. The summed E-state index contributed by atoms with van der Waals surface area (Å²) in [4.78, 5) is 16.1. The number of hydrogen-bond acceptors (Lipinski definition) is 5.